The van der Waals surface area contributed by atoms with Gasteiger partial charge >= 0.3 is 6.03 Å². The zero-order valence-corrected chi connectivity index (χ0v) is 14.6. The van der Waals surface area contributed by atoms with Crippen molar-refractivity contribution < 1.29 is 14.4 Å². The van der Waals surface area contributed by atoms with Crippen LogP contribution in [0.5, 0.6) is 0 Å². The molecule has 1 N–H and O–H groups in total. The standard InChI is InChI=1S/C20H21N3O3/c1-13(15-9-8-14-5-2-3-6-16(14)11-15)21-18(24)12-23-19(25)17-7-4-10-22(17)20(23)26/h2-3,5-6,8-9,11,13,17H,4,7,10,12H2,1H3,(H,21,24)/t13-,17-/m1/s1. The lowest BCUT2D eigenvalue weighted by Gasteiger charge is -2.18. The molecule has 2 aromatic rings. The van der Waals surface area contributed by atoms with Crippen LogP contribution >= 0.6 is 0 Å². The quantitative estimate of drug-likeness (QED) is 0.860. The van der Waals surface area contributed by atoms with Crippen LogP contribution in [0.1, 0.15) is 31.4 Å². The summed E-state index contributed by atoms with van der Waals surface area (Å²) in [6, 6.07) is 13.2. The van der Waals surface area contributed by atoms with E-state index in [2.05, 4.69) is 5.32 Å². The molecule has 2 aliphatic rings. The third kappa shape index (κ3) is 2.81. The zero-order valence-electron chi connectivity index (χ0n) is 14.6. The second kappa shape index (κ2) is 6.44. The molecule has 4 rings (SSSR count). The van der Waals surface area contributed by atoms with Gasteiger partial charge in [-0.1, -0.05) is 36.4 Å². The van der Waals surface area contributed by atoms with Gasteiger partial charge in [0.15, 0.2) is 0 Å². The molecule has 0 bridgehead atoms. The maximum absolute atomic E-state index is 12.4. The molecule has 0 unspecified atom stereocenters. The Kier molecular flexibility index (Phi) is 4.11. The van der Waals surface area contributed by atoms with E-state index in [1.807, 2.05) is 49.4 Å². The molecule has 2 aliphatic heterocycles. The van der Waals surface area contributed by atoms with E-state index in [-0.39, 0.29) is 36.5 Å². The Morgan fingerprint density at radius 1 is 1.19 bits per heavy atom. The molecular formula is C20H21N3O3. The van der Waals surface area contributed by atoms with Crippen molar-refractivity contribution >= 4 is 28.6 Å². The van der Waals surface area contributed by atoms with Crippen molar-refractivity contribution in [3.8, 4) is 0 Å². The Bertz CT molecular complexity index is 873. The molecular weight excluding hydrogens is 330 g/mol. The lowest BCUT2D eigenvalue weighted by Crippen LogP contribution is -2.42. The summed E-state index contributed by atoms with van der Waals surface area (Å²) in [6.07, 6.45) is 1.54. The third-order valence-electron chi connectivity index (χ3n) is 5.23. The van der Waals surface area contributed by atoms with E-state index >= 15 is 0 Å². The van der Waals surface area contributed by atoms with Crippen molar-refractivity contribution in [1.29, 1.82) is 0 Å². The first kappa shape index (κ1) is 16.6. The van der Waals surface area contributed by atoms with Gasteiger partial charge in [0.1, 0.15) is 12.6 Å². The summed E-state index contributed by atoms with van der Waals surface area (Å²) in [4.78, 5) is 39.6. The first-order chi connectivity index (χ1) is 12.5. The van der Waals surface area contributed by atoms with Gasteiger partial charge in [-0.3, -0.25) is 14.5 Å². The van der Waals surface area contributed by atoms with E-state index in [0.29, 0.717) is 13.0 Å². The molecule has 2 saturated heterocycles. The maximum atomic E-state index is 12.4. The van der Waals surface area contributed by atoms with E-state index in [4.69, 9.17) is 0 Å². The smallest absolute Gasteiger partial charge is 0.327 e. The second-order valence-electron chi connectivity index (χ2n) is 6.95. The minimum Gasteiger partial charge on any atom is -0.348 e. The molecule has 6 heteroatoms. The number of nitrogens with one attached hydrogen (secondary N) is 1. The number of benzene rings is 2. The highest BCUT2D eigenvalue weighted by Gasteiger charge is 2.47. The van der Waals surface area contributed by atoms with Gasteiger partial charge in [-0.2, -0.15) is 0 Å². The van der Waals surface area contributed by atoms with Crippen LogP contribution in [0.4, 0.5) is 4.79 Å². The minimum absolute atomic E-state index is 0.209. The number of rotatable bonds is 4. The molecule has 2 heterocycles. The SMILES string of the molecule is C[C@@H](NC(=O)CN1C(=O)[C@H]2CCCN2C1=O)c1ccc2ccccc2c1. The Morgan fingerprint density at radius 3 is 2.73 bits per heavy atom. The molecule has 0 spiro atoms. The molecule has 134 valence electrons. The fraction of sp³-hybridized carbons (Fsp3) is 0.350. The van der Waals surface area contributed by atoms with Gasteiger partial charge < -0.3 is 10.2 Å². The minimum atomic E-state index is -0.367. The molecule has 0 radical (unpaired) electrons. The summed E-state index contributed by atoms with van der Waals surface area (Å²) < 4.78 is 0. The Morgan fingerprint density at radius 2 is 1.96 bits per heavy atom. The van der Waals surface area contributed by atoms with Crippen molar-refractivity contribution in [2.24, 2.45) is 0 Å². The first-order valence-corrected chi connectivity index (χ1v) is 8.94. The number of imide groups is 1. The fourth-order valence-electron chi connectivity index (χ4n) is 3.82. The number of hydrogen-bond donors (Lipinski definition) is 1. The summed E-state index contributed by atoms with van der Waals surface area (Å²) in [5.74, 6) is -0.574. The van der Waals surface area contributed by atoms with Crippen LogP contribution in [0.25, 0.3) is 10.8 Å². The number of fused-ring (bicyclic) bond motifs is 2. The van der Waals surface area contributed by atoms with Gasteiger partial charge in [-0.15, -0.1) is 0 Å². The summed E-state index contributed by atoms with van der Waals surface area (Å²) >= 11 is 0. The first-order valence-electron chi connectivity index (χ1n) is 8.94. The molecule has 0 aliphatic carbocycles. The highest BCUT2D eigenvalue weighted by atomic mass is 16.2. The van der Waals surface area contributed by atoms with Gasteiger partial charge in [-0.05, 0) is 42.2 Å². The lowest BCUT2D eigenvalue weighted by molar-refractivity contribution is -0.132. The molecule has 4 amide bonds. The van der Waals surface area contributed by atoms with Crippen molar-refractivity contribution in [3.63, 3.8) is 0 Å². The average molecular weight is 351 g/mol. The molecule has 6 nitrogen and oxygen atoms in total. The highest BCUT2D eigenvalue weighted by molar-refractivity contribution is 6.06. The predicted octanol–water partition coefficient (Wildman–Crippen LogP) is 2.44. The maximum Gasteiger partial charge on any atom is 0.327 e. The molecule has 26 heavy (non-hydrogen) atoms. The molecule has 2 fully saturated rings. The number of carbonyl (C=O) groups is 3. The van der Waals surface area contributed by atoms with E-state index in [0.717, 1.165) is 27.7 Å². The van der Waals surface area contributed by atoms with E-state index in [1.165, 1.54) is 0 Å². The number of amides is 4. The number of hydrogen-bond acceptors (Lipinski definition) is 3. The van der Waals surface area contributed by atoms with E-state index < -0.39 is 0 Å². The zero-order chi connectivity index (χ0) is 18.3. The Labute approximate surface area is 151 Å². The lowest BCUT2D eigenvalue weighted by atomic mass is 10.0. The molecule has 0 aromatic heterocycles. The summed E-state index contributed by atoms with van der Waals surface area (Å²) in [6.45, 7) is 2.28. The summed E-state index contributed by atoms with van der Waals surface area (Å²) in [7, 11) is 0. The average Bonchev–Trinajstić information content (AvgIpc) is 3.21. The van der Waals surface area contributed by atoms with Crippen LogP contribution in [-0.4, -0.2) is 46.8 Å². The predicted molar refractivity (Wildman–Crippen MR) is 97.3 cm³/mol. The van der Waals surface area contributed by atoms with E-state index in [9.17, 15) is 14.4 Å². The van der Waals surface area contributed by atoms with E-state index in [1.54, 1.807) is 4.90 Å². The summed E-state index contributed by atoms with van der Waals surface area (Å²) in [5.41, 5.74) is 0.983. The Hall–Kier alpha value is -2.89. The van der Waals surface area contributed by atoms with Crippen LogP contribution < -0.4 is 5.32 Å². The molecule has 2 atom stereocenters. The van der Waals surface area contributed by atoms with Crippen molar-refractivity contribution in [2.75, 3.05) is 13.1 Å². The molecule has 2 aromatic carbocycles. The van der Waals surface area contributed by atoms with Crippen molar-refractivity contribution in [2.45, 2.75) is 31.8 Å². The van der Waals surface area contributed by atoms with Gasteiger partial charge in [0, 0.05) is 6.54 Å². The van der Waals surface area contributed by atoms with Crippen molar-refractivity contribution in [1.82, 2.24) is 15.1 Å². The molecule has 0 saturated carbocycles. The number of carbonyl (C=O) groups excluding carboxylic acids is 3. The third-order valence-corrected chi connectivity index (χ3v) is 5.23. The fourth-order valence-corrected chi connectivity index (χ4v) is 3.82. The van der Waals surface area contributed by atoms with Gasteiger partial charge in [0.2, 0.25) is 5.91 Å². The van der Waals surface area contributed by atoms with Crippen molar-refractivity contribution in [3.05, 3.63) is 48.0 Å². The topological polar surface area (TPSA) is 69.7 Å². The summed E-state index contributed by atoms with van der Waals surface area (Å²) in [5, 5.41) is 5.14. The van der Waals surface area contributed by atoms with Crippen LogP contribution in [0.15, 0.2) is 42.5 Å². The normalized spacial score (nSPS) is 20.6. The monoisotopic (exact) mass is 351 g/mol. The van der Waals surface area contributed by atoms with Gasteiger partial charge in [0.05, 0.1) is 6.04 Å². The van der Waals surface area contributed by atoms with Crippen LogP contribution in [0.3, 0.4) is 0 Å². The largest absolute Gasteiger partial charge is 0.348 e. The van der Waals surface area contributed by atoms with Gasteiger partial charge in [-0.25, -0.2) is 4.79 Å². The van der Waals surface area contributed by atoms with Gasteiger partial charge in [0.25, 0.3) is 5.91 Å². The highest BCUT2D eigenvalue weighted by Crippen LogP contribution is 2.27. The second-order valence-corrected chi connectivity index (χ2v) is 6.95. The van der Waals surface area contributed by atoms with Crippen LogP contribution in [0, 0.1) is 0 Å². The number of nitrogens with zero attached hydrogens (tertiary/aromatic N) is 2. The Balaban J connectivity index is 1.42. The van der Waals surface area contributed by atoms with Crippen LogP contribution in [0.2, 0.25) is 0 Å². The van der Waals surface area contributed by atoms with Crippen LogP contribution in [-0.2, 0) is 9.59 Å². The number of urea groups is 1.